The van der Waals surface area contributed by atoms with Crippen LogP contribution in [0, 0.1) is 6.92 Å². The number of benzene rings is 3. The van der Waals surface area contributed by atoms with Gasteiger partial charge in [0.05, 0.1) is 10.9 Å². The van der Waals surface area contributed by atoms with E-state index in [-0.39, 0.29) is 5.56 Å². The van der Waals surface area contributed by atoms with Crippen molar-refractivity contribution >= 4 is 10.9 Å². The Hall–Kier alpha value is -3.20. The van der Waals surface area contributed by atoms with Crippen LogP contribution in [-0.4, -0.2) is 9.97 Å². The zero-order chi connectivity index (χ0) is 16.5. The second kappa shape index (κ2) is 5.78. The van der Waals surface area contributed by atoms with Gasteiger partial charge in [0.15, 0.2) is 0 Å². The van der Waals surface area contributed by atoms with E-state index in [1.165, 1.54) is 5.56 Å². The molecule has 1 aromatic heterocycles. The van der Waals surface area contributed by atoms with E-state index in [0.717, 1.165) is 16.7 Å². The van der Waals surface area contributed by atoms with Crippen molar-refractivity contribution in [2.24, 2.45) is 0 Å². The molecule has 0 aliphatic carbocycles. The van der Waals surface area contributed by atoms with Crippen LogP contribution in [0.25, 0.3) is 33.4 Å². The van der Waals surface area contributed by atoms with E-state index in [1.54, 1.807) is 6.07 Å². The molecule has 0 bridgehead atoms. The maximum atomic E-state index is 12.4. The number of nitrogens with one attached hydrogen (secondary N) is 1. The van der Waals surface area contributed by atoms with Crippen molar-refractivity contribution in [3.8, 4) is 22.5 Å². The predicted molar refractivity (Wildman–Crippen MR) is 98.0 cm³/mol. The van der Waals surface area contributed by atoms with E-state index in [0.29, 0.717) is 16.7 Å². The number of H-pyrrole nitrogens is 1. The Morgan fingerprint density at radius 2 is 1.46 bits per heavy atom. The van der Waals surface area contributed by atoms with E-state index in [4.69, 9.17) is 0 Å². The first kappa shape index (κ1) is 14.4. The molecule has 116 valence electrons. The van der Waals surface area contributed by atoms with E-state index in [2.05, 4.69) is 47.2 Å². The molecular formula is C21H16N2O. The molecule has 0 amide bonds. The maximum absolute atomic E-state index is 12.4. The standard InChI is InChI=1S/C21H16N2O/c1-14-10-12-15(13-11-14)16-6-2-3-7-17(16)20-22-19-9-5-4-8-18(19)21(24)23-20/h2-13H,1H3,(H,22,23,24). The van der Waals surface area contributed by atoms with Crippen LogP contribution in [0.15, 0.2) is 77.6 Å². The Bertz CT molecular complexity index is 1080. The third-order valence-electron chi connectivity index (χ3n) is 4.16. The van der Waals surface area contributed by atoms with Gasteiger partial charge in [0, 0.05) is 5.56 Å². The summed E-state index contributed by atoms with van der Waals surface area (Å²) in [6, 6.07) is 23.7. The number of hydrogen-bond donors (Lipinski definition) is 1. The van der Waals surface area contributed by atoms with Crippen molar-refractivity contribution in [1.29, 1.82) is 0 Å². The van der Waals surface area contributed by atoms with Crippen LogP contribution in [-0.2, 0) is 0 Å². The molecular weight excluding hydrogens is 296 g/mol. The summed E-state index contributed by atoms with van der Waals surface area (Å²) in [7, 11) is 0. The van der Waals surface area contributed by atoms with Gasteiger partial charge in [0.2, 0.25) is 0 Å². The number of hydrogen-bond acceptors (Lipinski definition) is 2. The number of aromatic amines is 1. The van der Waals surface area contributed by atoms with E-state index < -0.39 is 0 Å². The van der Waals surface area contributed by atoms with Gasteiger partial charge >= 0.3 is 0 Å². The Morgan fingerprint density at radius 3 is 2.25 bits per heavy atom. The SMILES string of the molecule is Cc1ccc(-c2ccccc2-c2nc3ccccc3c(=O)[nH]2)cc1. The molecule has 1 heterocycles. The number of para-hydroxylation sites is 1. The third kappa shape index (κ3) is 2.50. The van der Waals surface area contributed by atoms with E-state index in [9.17, 15) is 4.79 Å². The predicted octanol–water partition coefficient (Wildman–Crippen LogP) is 4.57. The topological polar surface area (TPSA) is 45.8 Å². The van der Waals surface area contributed by atoms with Gasteiger partial charge < -0.3 is 4.98 Å². The minimum Gasteiger partial charge on any atom is -0.306 e. The molecule has 4 rings (SSSR count). The molecule has 0 saturated carbocycles. The number of aryl methyl sites for hydroxylation is 1. The van der Waals surface area contributed by atoms with Crippen LogP contribution in [0.5, 0.6) is 0 Å². The van der Waals surface area contributed by atoms with Crippen LogP contribution >= 0.6 is 0 Å². The molecule has 24 heavy (non-hydrogen) atoms. The molecule has 0 spiro atoms. The highest BCUT2D eigenvalue weighted by Gasteiger charge is 2.10. The summed E-state index contributed by atoms with van der Waals surface area (Å²) in [5, 5.41) is 0.606. The Labute approximate surface area is 139 Å². The molecule has 3 nitrogen and oxygen atoms in total. The molecule has 0 aliphatic rings. The maximum Gasteiger partial charge on any atom is 0.259 e. The minimum atomic E-state index is -0.116. The largest absolute Gasteiger partial charge is 0.306 e. The fraction of sp³-hybridized carbons (Fsp3) is 0.0476. The smallest absolute Gasteiger partial charge is 0.259 e. The molecule has 0 saturated heterocycles. The van der Waals surface area contributed by atoms with Gasteiger partial charge in [-0.05, 0) is 30.2 Å². The lowest BCUT2D eigenvalue weighted by molar-refractivity contribution is 1.18. The van der Waals surface area contributed by atoms with Gasteiger partial charge in [-0.1, -0.05) is 66.2 Å². The highest BCUT2D eigenvalue weighted by molar-refractivity contribution is 5.84. The van der Waals surface area contributed by atoms with Crippen LogP contribution in [0.2, 0.25) is 0 Å². The molecule has 3 aromatic carbocycles. The fourth-order valence-corrected chi connectivity index (χ4v) is 2.89. The first-order valence-electron chi connectivity index (χ1n) is 7.88. The highest BCUT2D eigenvalue weighted by atomic mass is 16.1. The van der Waals surface area contributed by atoms with Crippen LogP contribution in [0.4, 0.5) is 0 Å². The van der Waals surface area contributed by atoms with Crippen LogP contribution in [0.3, 0.4) is 0 Å². The fourth-order valence-electron chi connectivity index (χ4n) is 2.89. The lowest BCUT2D eigenvalue weighted by Gasteiger charge is -2.10. The lowest BCUT2D eigenvalue weighted by atomic mass is 9.98. The number of rotatable bonds is 2. The van der Waals surface area contributed by atoms with Gasteiger partial charge in [0.25, 0.3) is 5.56 Å². The average Bonchev–Trinajstić information content (AvgIpc) is 2.62. The average molecular weight is 312 g/mol. The summed E-state index contributed by atoms with van der Waals surface area (Å²) in [5.41, 5.74) is 4.88. The molecule has 4 aromatic rings. The second-order valence-corrected chi connectivity index (χ2v) is 5.84. The molecule has 0 atom stereocenters. The highest BCUT2D eigenvalue weighted by Crippen LogP contribution is 2.30. The molecule has 0 aliphatic heterocycles. The summed E-state index contributed by atoms with van der Waals surface area (Å²) in [4.78, 5) is 19.9. The molecule has 1 N–H and O–H groups in total. The van der Waals surface area contributed by atoms with E-state index >= 15 is 0 Å². The first-order chi connectivity index (χ1) is 11.7. The van der Waals surface area contributed by atoms with E-state index in [1.807, 2.05) is 36.4 Å². The summed E-state index contributed by atoms with van der Waals surface area (Å²) < 4.78 is 0. The number of aromatic nitrogens is 2. The minimum absolute atomic E-state index is 0.116. The van der Waals surface area contributed by atoms with Gasteiger partial charge in [-0.3, -0.25) is 4.79 Å². The Balaban J connectivity index is 1.95. The third-order valence-corrected chi connectivity index (χ3v) is 4.16. The molecule has 3 heteroatoms. The van der Waals surface area contributed by atoms with Gasteiger partial charge in [-0.15, -0.1) is 0 Å². The summed E-state index contributed by atoms with van der Waals surface area (Å²) in [6.07, 6.45) is 0. The van der Waals surface area contributed by atoms with Crippen molar-refractivity contribution in [2.45, 2.75) is 6.92 Å². The van der Waals surface area contributed by atoms with Gasteiger partial charge in [-0.25, -0.2) is 4.98 Å². The molecule has 0 radical (unpaired) electrons. The van der Waals surface area contributed by atoms with Crippen molar-refractivity contribution in [1.82, 2.24) is 9.97 Å². The van der Waals surface area contributed by atoms with Crippen molar-refractivity contribution in [3.05, 3.63) is 88.7 Å². The van der Waals surface area contributed by atoms with Crippen LogP contribution in [0.1, 0.15) is 5.56 Å². The van der Waals surface area contributed by atoms with Crippen LogP contribution < -0.4 is 5.56 Å². The second-order valence-electron chi connectivity index (χ2n) is 5.84. The lowest BCUT2D eigenvalue weighted by Crippen LogP contribution is -2.09. The van der Waals surface area contributed by atoms with Crippen molar-refractivity contribution in [3.63, 3.8) is 0 Å². The monoisotopic (exact) mass is 312 g/mol. The number of nitrogens with zero attached hydrogens (tertiary/aromatic N) is 1. The molecule has 0 fully saturated rings. The van der Waals surface area contributed by atoms with Gasteiger partial charge in [-0.2, -0.15) is 0 Å². The summed E-state index contributed by atoms with van der Waals surface area (Å²) >= 11 is 0. The summed E-state index contributed by atoms with van der Waals surface area (Å²) in [5.74, 6) is 0.592. The Morgan fingerprint density at radius 1 is 0.792 bits per heavy atom. The zero-order valence-corrected chi connectivity index (χ0v) is 13.3. The van der Waals surface area contributed by atoms with Crippen molar-refractivity contribution < 1.29 is 0 Å². The normalized spacial score (nSPS) is 10.9. The van der Waals surface area contributed by atoms with Crippen molar-refractivity contribution in [2.75, 3.05) is 0 Å². The first-order valence-corrected chi connectivity index (χ1v) is 7.88. The van der Waals surface area contributed by atoms with Gasteiger partial charge in [0.1, 0.15) is 5.82 Å². The molecule has 0 unspecified atom stereocenters. The zero-order valence-electron chi connectivity index (χ0n) is 13.3. The quantitative estimate of drug-likeness (QED) is 0.589. The number of fused-ring (bicyclic) bond motifs is 1. The Kier molecular flexibility index (Phi) is 3.47. The summed E-state index contributed by atoms with van der Waals surface area (Å²) in [6.45, 7) is 2.07.